The number of nitrogens with zero attached hydrogens (tertiary/aromatic N) is 2. The van der Waals surface area contributed by atoms with Crippen LogP contribution in [0.25, 0.3) is 0 Å². The molecular formula is C24H26N2O5S2. The van der Waals surface area contributed by atoms with E-state index in [2.05, 4.69) is 0 Å². The standard InChI is InChI=1S/C24H26N2O5S2/c1-25(2)33(28,29)18-8-5-7-17(13-18)24(27)26-11-10-16-14-20(30-3)21(31-4)15-19(16)23(26)22-9-6-12-32-22/h5-9,12-15,23H,10-11H2,1-4H3. The number of carbonyl (C=O) groups excluding carboxylic acids is 1. The molecule has 0 bridgehead atoms. The summed E-state index contributed by atoms with van der Waals surface area (Å²) in [5, 5.41) is 1.98. The van der Waals surface area contributed by atoms with E-state index in [1.165, 1.54) is 26.2 Å². The van der Waals surface area contributed by atoms with Gasteiger partial charge in [-0.1, -0.05) is 12.1 Å². The Labute approximate surface area is 198 Å². The van der Waals surface area contributed by atoms with Crippen molar-refractivity contribution in [2.45, 2.75) is 17.4 Å². The summed E-state index contributed by atoms with van der Waals surface area (Å²) in [5.41, 5.74) is 2.41. The van der Waals surface area contributed by atoms with Crippen LogP contribution in [-0.4, -0.2) is 58.4 Å². The van der Waals surface area contributed by atoms with Gasteiger partial charge in [0.2, 0.25) is 10.0 Å². The fourth-order valence-corrected chi connectivity index (χ4v) is 5.89. The molecular weight excluding hydrogens is 460 g/mol. The minimum absolute atomic E-state index is 0.0924. The van der Waals surface area contributed by atoms with E-state index >= 15 is 0 Å². The molecule has 1 amide bonds. The summed E-state index contributed by atoms with van der Waals surface area (Å²) in [5.74, 6) is 1.04. The SMILES string of the molecule is COc1cc2c(cc1OC)C(c1cccs1)N(C(=O)c1cccc(S(=O)(=O)N(C)C)c1)CC2. The molecule has 2 aromatic carbocycles. The van der Waals surface area contributed by atoms with E-state index in [4.69, 9.17) is 9.47 Å². The number of hydrogen-bond acceptors (Lipinski definition) is 6. The fraction of sp³-hybridized carbons (Fsp3) is 0.292. The zero-order chi connectivity index (χ0) is 23.8. The van der Waals surface area contributed by atoms with E-state index in [0.29, 0.717) is 30.0 Å². The van der Waals surface area contributed by atoms with E-state index in [-0.39, 0.29) is 16.8 Å². The number of methoxy groups -OCH3 is 2. The van der Waals surface area contributed by atoms with Crippen molar-refractivity contribution in [2.75, 3.05) is 34.9 Å². The third kappa shape index (κ3) is 4.23. The van der Waals surface area contributed by atoms with Gasteiger partial charge in [0.15, 0.2) is 11.5 Å². The Bertz CT molecular complexity index is 1270. The van der Waals surface area contributed by atoms with Crippen LogP contribution in [0.15, 0.2) is 58.8 Å². The number of ether oxygens (including phenoxy) is 2. The summed E-state index contributed by atoms with van der Waals surface area (Å²) in [6.45, 7) is 0.495. The minimum Gasteiger partial charge on any atom is -0.493 e. The summed E-state index contributed by atoms with van der Waals surface area (Å²) >= 11 is 1.58. The molecule has 0 saturated carbocycles. The van der Waals surface area contributed by atoms with Crippen molar-refractivity contribution in [1.82, 2.24) is 9.21 Å². The van der Waals surface area contributed by atoms with Gasteiger partial charge >= 0.3 is 0 Å². The van der Waals surface area contributed by atoms with Crippen molar-refractivity contribution >= 4 is 27.3 Å². The van der Waals surface area contributed by atoms with Crippen LogP contribution in [-0.2, 0) is 16.4 Å². The van der Waals surface area contributed by atoms with Crippen molar-refractivity contribution in [3.05, 3.63) is 75.5 Å². The highest BCUT2D eigenvalue weighted by Gasteiger charge is 2.34. The number of sulfonamides is 1. The molecule has 0 saturated heterocycles. The average molecular weight is 487 g/mol. The largest absolute Gasteiger partial charge is 0.493 e. The molecule has 7 nitrogen and oxygen atoms in total. The van der Waals surface area contributed by atoms with Crippen molar-refractivity contribution < 1.29 is 22.7 Å². The molecule has 0 spiro atoms. The molecule has 174 valence electrons. The predicted molar refractivity (Wildman–Crippen MR) is 128 cm³/mol. The number of rotatable bonds is 6. The second-order valence-electron chi connectivity index (χ2n) is 7.89. The predicted octanol–water partition coefficient (Wildman–Crippen LogP) is 3.80. The molecule has 0 N–H and O–H groups in total. The maximum Gasteiger partial charge on any atom is 0.254 e. The number of fused-ring (bicyclic) bond motifs is 1. The van der Waals surface area contributed by atoms with Gasteiger partial charge in [-0.15, -0.1) is 11.3 Å². The lowest BCUT2D eigenvalue weighted by Gasteiger charge is -2.37. The lowest BCUT2D eigenvalue weighted by Crippen LogP contribution is -2.40. The first-order chi connectivity index (χ1) is 15.8. The van der Waals surface area contributed by atoms with E-state index in [1.807, 2.05) is 34.5 Å². The minimum atomic E-state index is -3.65. The Morgan fingerprint density at radius 2 is 1.79 bits per heavy atom. The van der Waals surface area contributed by atoms with Crippen molar-refractivity contribution in [1.29, 1.82) is 0 Å². The second-order valence-corrected chi connectivity index (χ2v) is 11.0. The molecule has 1 unspecified atom stereocenters. The summed E-state index contributed by atoms with van der Waals surface area (Å²) < 4.78 is 37.4. The molecule has 1 aliphatic heterocycles. The molecule has 0 fully saturated rings. The van der Waals surface area contributed by atoms with E-state index in [0.717, 1.165) is 20.3 Å². The molecule has 9 heteroatoms. The van der Waals surface area contributed by atoms with Gasteiger partial charge in [0.05, 0.1) is 25.2 Å². The normalized spacial score (nSPS) is 15.9. The van der Waals surface area contributed by atoms with E-state index in [9.17, 15) is 13.2 Å². The first-order valence-electron chi connectivity index (χ1n) is 10.4. The summed E-state index contributed by atoms with van der Waals surface area (Å²) in [6.07, 6.45) is 0.652. The zero-order valence-corrected chi connectivity index (χ0v) is 20.6. The summed E-state index contributed by atoms with van der Waals surface area (Å²) in [6, 6.07) is 13.8. The molecule has 3 aromatic rings. The monoisotopic (exact) mass is 486 g/mol. The van der Waals surface area contributed by atoms with Gasteiger partial charge in [-0.05, 0) is 59.3 Å². The topological polar surface area (TPSA) is 76.1 Å². The van der Waals surface area contributed by atoms with Crippen LogP contribution in [0, 0.1) is 0 Å². The highest BCUT2D eigenvalue weighted by molar-refractivity contribution is 7.89. The Morgan fingerprint density at radius 3 is 2.42 bits per heavy atom. The first-order valence-corrected chi connectivity index (χ1v) is 12.7. The average Bonchev–Trinajstić information content (AvgIpc) is 3.36. The van der Waals surface area contributed by atoms with Gasteiger partial charge < -0.3 is 14.4 Å². The number of hydrogen-bond donors (Lipinski definition) is 0. The summed E-state index contributed by atoms with van der Waals surface area (Å²) in [7, 11) is 2.49. The van der Waals surface area contributed by atoms with Crippen LogP contribution in [0.1, 0.15) is 32.4 Å². The quantitative estimate of drug-likeness (QED) is 0.530. The maximum atomic E-state index is 13.7. The highest BCUT2D eigenvalue weighted by Crippen LogP contribution is 2.42. The molecule has 0 aliphatic carbocycles. The van der Waals surface area contributed by atoms with Crippen LogP contribution in [0.2, 0.25) is 0 Å². The van der Waals surface area contributed by atoms with Gasteiger partial charge in [-0.25, -0.2) is 12.7 Å². The van der Waals surface area contributed by atoms with Gasteiger partial charge in [0.25, 0.3) is 5.91 Å². The lowest BCUT2D eigenvalue weighted by atomic mass is 9.90. The van der Waals surface area contributed by atoms with Gasteiger partial charge in [-0.3, -0.25) is 4.79 Å². The van der Waals surface area contributed by atoms with Crippen LogP contribution < -0.4 is 9.47 Å². The van der Waals surface area contributed by atoms with Crippen LogP contribution in [0.5, 0.6) is 11.5 Å². The van der Waals surface area contributed by atoms with Crippen molar-refractivity contribution in [3.63, 3.8) is 0 Å². The van der Waals surface area contributed by atoms with Crippen LogP contribution in [0.4, 0.5) is 0 Å². The number of thiophene rings is 1. The molecule has 1 aromatic heterocycles. The third-order valence-corrected chi connectivity index (χ3v) is 8.54. The number of amides is 1. The maximum absolute atomic E-state index is 13.7. The van der Waals surface area contributed by atoms with Crippen LogP contribution in [0.3, 0.4) is 0 Å². The molecule has 1 atom stereocenters. The van der Waals surface area contributed by atoms with Gasteiger partial charge in [0.1, 0.15) is 0 Å². The molecule has 4 rings (SSSR count). The molecule has 33 heavy (non-hydrogen) atoms. The molecule has 2 heterocycles. The lowest BCUT2D eigenvalue weighted by molar-refractivity contribution is 0.0696. The number of benzene rings is 2. The molecule has 1 aliphatic rings. The van der Waals surface area contributed by atoms with Crippen LogP contribution >= 0.6 is 11.3 Å². The molecule has 0 radical (unpaired) electrons. The Kier molecular flexibility index (Phi) is 6.47. The highest BCUT2D eigenvalue weighted by atomic mass is 32.2. The fourth-order valence-electron chi connectivity index (χ4n) is 4.08. The van der Waals surface area contributed by atoms with E-state index in [1.54, 1.807) is 37.7 Å². The zero-order valence-electron chi connectivity index (χ0n) is 18.9. The second kappa shape index (κ2) is 9.17. The first kappa shape index (κ1) is 23.3. The van der Waals surface area contributed by atoms with E-state index < -0.39 is 10.0 Å². The van der Waals surface area contributed by atoms with Crippen molar-refractivity contribution in [2.24, 2.45) is 0 Å². The third-order valence-electron chi connectivity index (χ3n) is 5.81. The Balaban J connectivity index is 1.79. The Morgan fingerprint density at radius 1 is 1.06 bits per heavy atom. The number of carbonyl (C=O) groups is 1. The summed E-state index contributed by atoms with van der Waals surface area (Å²) in [4.78, 5) is 16.6. The smallest absolute Gasteiger partial charge is 0.254 e. The van der Waals surface area contributed by atoms with Gasteiger partial charge in [-0.2, -0.15) is 0 Å². The Hall–Kier alpha value is -2.88. The van der Waals surface area contributed by atoms with Crippen molar-refractivity contribution in [3.8, 4) is 11.5 Å². The van der Waals surface area contributed by atoms with Gasteiger partial charge in [0, 0.05) is 31.1 Å².